The van der Waals surface area contributed by atoms with E-state index in [0.717, 1.165) is 16.9 Å². The van der Waals surface area contributed by atoms with Gasteiger partial charge in [-0.1, -0.05) is 36.0 Å². The Morgan fingerprint density at radius 3 is 2.55 bits per heavy atom. The third kappa shape index (κ3) is 5.09. The lowest BCUT2D eigenvalue weighted by Crippen LogP contribution is -2.11. The summed E-state index contributed by atoms with van der Waals surface area (Å²) in [4.78, 5) is -0.410. The van der Waals surface area contributed by atoms with Crippen molar-refractivity contribution in [1.29, 1.82) is 0 Å². The molecular weight excluding hydrogens is 472 g/mol. The zero-order valence-electron chi connectivity index (χ0n) is 17.4. The molecule has 0 aliphatic carbocycles. The van der Waals surface area contributed by atoms with Gasteiger partial charge < -0.3 is 9.15 Å². The standard InChI is InChI=1S/C22H19F2N3O4S2/c1-30-17-5-2-4-16(12-17)20-25-26-22(27(20)13-18-6-3-11-31-18)32-14-15-7-9-19(10-8-15)33(28,29)21(23)24/h2-12,21H,13-14H2,1H3. The fraction of sp³-hybridized carbons (Fsp3) is 0.182. The van der Waals surface area contributed by atoms with E-state index in [2.05, 4.69) is 10.2 Å². The number of methoxy groups -OCH3 is 1. The van der Waals surface area contributed by atoms with Crippen LogP contribution < -0.4 is 4.74 Å². The lowest BCUT2D eigenvalue weighted by Gasteiger charge is -2.10. The Morgan fingerprint density at radius 2 is 1.88 bits per heavy atom. The third-order valence-corrected chi connectivity index (χ3v) is 7.23. The molecule has 0 amide bonds. The van der Waals surface area contributed by atoms with Crippen LogP contribution in [0.4, 0.5) is 8.78 Å². The number of halogens is 2. The van der Waals surface area contributed by atoms with Crippen molar-refractivity contribution >= 4 is 21.6 Å². The molecule has 0 aliphatic heterocycles. The summed E-state index contributed by atoms with van der Waals surface area (Å²) in [5.74, 6) is -0.974. The number of ether oxygens (including phenoxy) is 1. The van der Waals surface area contributed by atoms with Crippen LogP contribution in [0.5, 0.6) is 5.75 Å². The Morgan fingerprint density at radius 1 is 1.09 bits per heavy atom. The quantitative estimate of drug-likeness (QED) is 0.308. The highest BCUT2D eigenvalue weighted by atomic mass is 32.2. The second-order valence-corrected chi connectivity index (χ2v) is 9.80. The number of furan rings is 1. The minimum Gasteiger partial charge on any atom is -0.497 e. The van der Waals surface area contributed by atoms with E-state index in [0.29, 0.717) is 29.0 Å². The van der Waals surface area contributed by atoms with Gasteiger partial charge in [0.2, 0.25) is 9.84 Å². The Labute approximate surface area is 193 Å². The van der Waals surface area contributed by atoms with Crippen LogP contribution in [0.25, 0.3) is 11.4 Å². The first-order valence-corrected chi connectivity index (χ1v) is 12.3. The van der Waals surface area contributed by atoms with Crippen molar-refractivity contribution in [3.63, 3.8) is 0 Å². The third-order valence-electron chi connectivity index (χ3n) is 4.79. The van der Waals surface area contributed by atoms with E-state index < -0.39 is 20.5 Å². The van der Waals surface area contributed by atoms with Crippen LogP contribution in [0.2, 0.25) is 0 Å². The maximum atomic E-state index is 12.7. The molecule has 7 nitrogen and oxygen atoms in total. The van der Waals surface area contributed by atoms with E-state index in [4.69, 9.17) is 9.15 Å². The molecule has 33 heavy (non-hydrogen) atoms. The molecule has 0 aliphatic rings. The number of sulfone groups is 1. The van der Waals surface area contributed by atoms with Crippen LogP contribution >= 0.6 is 11.8 Å². The lowest BCUT2D eigenvalue weighted by atomic mass is 10.2. The van der Waals surface area contributed by atoms with Gasteiger partial charge in [0.05, 0.1) is 24.8 Å². The Kier molecular flexibility index (Phi) is 6.80. The fourth-order valence-corrected chi connectivity index (χ4v) is 4.71. The van der Waals surface area contributed by atoms with Crippen LogP contribution in [-0.2, 0) is 22.1 Å². The highest BCUT2D eigenvalue weighted by molar-refractivity contribution is 7.98. The van der Waals surface area contributed by atoms with Crippen molar-refractivity contribution in [1.82, 2.24) is 14.8 Å². The van der Waals surface area contributed by atoms with Crippen molar-refractivity contribution in [2.24, 2.45) is 0 Å². The summed E-state index contributed by atoms with van der Waals surface area (Å²) in [5.41, 5.74) is 1.57. The minimum absolute atomic E-state index is 0.403. The molecule has 4 aromatic rings. The number of alkyl halides is 2. The molecule has 4 rings (SSSR count). The van der Waals surface area contributed by atoms with Gasteiger partial charge >= 0.3 is 5.76 Å². The van der Waals surface area contributed by atoms with Gasteiger partial charge in [0, 0.05) is 11.3 Å². The molecule has 11 heteroatoms. The smallest absolute Gasteiger partial charge is 0.341 e. The molecule has 2 aromatic carbocycles. The predicted octanol–water partition coefficient (Wildman–Crippen LogP) is 4.88. The highest BCUT2D eigenvalue weighted by Gasteiger charge is 2.26. The van der Waals surface area contributed by atoms with Gasteiger partial charge in [0.15, 0.2) is 11.0 Å². The number of aromatic nitrogens is 3. The average Bonchev–Trinajstić information content (AvgIpc) is 3.48. The summed E-state index contributed by atoms with van der Waals surface area (Å²) < 4.78 is 61.4. The van der Waals surface area contributed by atoms with Gasteiger partial charge in [-0.05, 0) is 42.0 Å². The van der Waals surface area contributed by atoms with Crippen molar-refractivity contribution in [3.8, 4) is 17.1 Å². The summed E-state index contributed by atoms with van der Waals surface area (Å²) >= 11 is 1.39. The molecule has 2 aromatic heterocycles. The summed E-state index contributed by atoms with van der Waals surface area (Å²) in [6.45, 7) is 0.403. The van der Waals surface area contributed by atoms with Crippen LogP contribution in [-0.4, -0.2) is 36.0 Å². The number of thioether (sulfide) groups is 1. The molecule has 0 spiro atoms. The van der Waals surface area contributed by atoms with Gasteiger partial charge in [-0.2, -0.15) is 8.78 Å². The average molecular weight is 492 g/mol. The molecule has 0 unspecified atom stereocenters. The molecule has 0 atom stereocenters. The van der Waals surface area contributed by atoms with Crippen molar-refractivity contribution in [2.75, 3.05) is 7.11 Å². The van der Waals surface area contributed by atoms with Crippen molar-refractivity contribution < 1.29 is 26.4 Å². The molecule has 172 valence electrons. The van der Waals surface area contributed by atoms with E-state index in [1.165, 1.54) is 36.0 Å². The first-order valence-electron chi connectivity index (χ1n) is 9.72. The minimum atomic E-state index is -4.62. The maximum Gasteiger partial charge on any atom is 0.341 e. The molecule has 0 saturated carbocycles. The van der Waals surface area contributed by atoms with Gasteiger partial charge in [0.25, 0.3) is 0 Å². The zero-order valence-corrected chi connectivity index (χ0v) is 19.0. The first kappa shape index (κ1) is 23.0. The molecule has 0 N–H and O–H groups in total. The van der Waals surface area contributed by atoms with Gasteiger partial charge in [-0.25, -0.2) is 8.42 Å². The van der Waals surface area contributed by atoms with E-state index in [9.17, 15) is 17.2 Å². The van der Waals surface area contributed by atoms with Crippen molar-refractivity contribution in [2.45, 2.75) is 28.1 Å². The van der Waals surface area contributed by atoms with E-state index >= 15 is 0 Å². The summed E-state index contributed by atoms with van der Waals surface area (Å²) in [5, 5.41) is 9.29. The lowest BCUT2D eigenvalue weighted by molar-refractivity contribution is 0.234. The first-order chi connectivity index (χ1) is 15.9. The Bertz CT molecular complexity index is 1320. The number of rotatable bonds is 9. The molecule has 0 radical (unpaired) electrons. The largest absolute Gasteiger partial charge is 0.497 e. The summed E-state index contributed by atoms with van der Waals surface area (Å²) in [7, 11) is -3.03. The van der Waals surface area contributed by atoms with Gasteiger partial charge in [0.1, 0.15) is 11.5 Å². The summed E-state index contributed by atoms with van der Waals surface area (Å²) in [6, 6.07) is 16.5. The molecule has 2 heterocycles. The topological polar surface area (TPSA) is 87.2 Å². The van der Waals surface area contributed by atoms with E-state index in [1.807, 2.05) is 34.9 Å². The number of nitrogens with zero attached hydrogens (tertiary/aromatic N) is 3. The SMILES string of the molecule is COc1cccc(-c2nnc(SCc3ccc(S(=O)(=O)C(F)F)cc3)n2Cc2ccco2)c1. The second-order valence-electron chi connectivity index (χ2n) is 6.94. The fourth-order valence-electron chi connectivity index (χ4n) is 3.10. The number of hydrogen-bond donors (Lipinski definition) is 0. The summed E-state index contributed by atoms with van der Waals surface area (Å²) in [6.07, 6.45) is 1.59. The number of hydrogen-bond acceptors (Lipinski definition) is 7. The van der Waals surface area contributed by atoms with Crippen molar-refractivity contribution in [3.05, 3.63) is 78.3 Å². The van der Waals surface area contributed by atoms with E-state index in [1.54, 1.807) is 19.4 Å². The van der Waals surface area contributed by atoms with E-state index in [-0.39, 0.29) is 0 Å². The second kappa shape index (κ2) is 9.75. The number of benzene rings is 2. The monoisotopic (exact) mass is 491 g/mol. The van der Waals surface area contributed by atoms with Gasteiger partial charge in [-0.15, -0.1) is 10.2 Å². The predicted molar refractivity (Wildman–Crippen MR) is 119 cm³/mol. The van der Waals surface area contributed by atoms with Crippen LogP contribution in [0, 0.1) is 0 Å². The maximum absolute atomic E-state index is 12.7. The van der Waals surface area contributed by atoms with Crippen LogP contribution in [0.15, 0.2) is 81.4 Å². The highest BCUT2D eigenvalue weighted by Crippen LogP contribution is 2.29. The zero-order chi connectivity index (χ0) is 23.4. The molecular formula is C22H19F2N3O4S2. The molecule has 0 bridgehead atoms. The molecule has 0 saturated heterocycles. The van der Waals surface area contributed by atoms with Crippen LogP contribution in [0.1, 0.15) is 11.3 Å². The van der Waals surface area contributed by atoms with Crippen LogP contribution in [0.3, 0.4) is 0 Å². The normalized spacial score (nSPS) is 11.8. The Balaban J connectivity index is 1.59. The van der Waals surface area contributed by atoms with Gasteiger partial charge in [-0.3, -0.25) is 4.57 Å². The Hall–Kier alpha value is -3.18. The molecule has 0 fully saturated rings.